The summed E-state index contributed by atoms with van der Waals surface area (Å²) in [7, 11) is 1.74. The second-order valence-electron chi connectivity index (χ2n) is 9.59. The number of ether oxygens (including phenoxy) is 1. The van der Waals surface area contributed by atoms with Gasteiger partial charge in [-0.15, -0.1) is 0 Å². The highest BCUT2D eigenvalue weighted by Crippen LogP contribution is 2.19. The van der Waals surface area contributed by atoms with Crippen molar-refractivity contribution in [2.45, 2.75) is 58.7 Å². The predicted octanol–water partition coefficient (Wildman–Crippen LogP) is 4.91. The molecular formula is C27H30F2N4O6. The number of nitrogens with zero attached hydrogens (tertiary/aromatic N) is 2. The second-order valence-corrected chi connectivity index (χ2v) is 9.59. The van der Waals surface area contributed by atoms with Crippen molar-refractivity contribution in [3.63, 3.8) is 0 Å². The third-order valence-corrected chi connectivity index (χ3v) is 5.43. The van der Waals surface area contributed by atoms with Gasteiger partial charge in [0.2, 0.25) is 11.8 Å². The topological polar surface area (TPSA) is 137 Å². The van der Waals surface area contributed by atoms with E-state index in [-0.39, 0.29) is 28.2 Å². The van der Waals surface area contributed by atoms with Gasteiger partial charge in [-0.3, -0.25) is 0 Å². The van der Waals surface area contributed by atoms with Crippen LogP contribution in [-0.2, 0) is 4.74 Å². The van der Waals surface area contributed by atoms with Crippen molar-refractivity contribution in [2.24, 2.45) is 0 Å². The molecule has 0 saturated carbocycles. The SMILES string of the molecule is CC[C@H](NC(=O)OC(C)(C)C)c1nc2cccc(F)c2c(=O)o1.CN[C@@H](C)c1nc2ccc(F)cc2c(=O)o1. The van der Waals surface area contributed by atoms with Crippen LogP contribution < -0.4 is 21.9 Å². The van der Waals surface area contributed by atoms with E-state index in [1.165, 1.54) is 24.3 Å². The molecule has 1 amide bonds. The van der Waals surface area contributed by atoms with E-state index in [9.17, 15) is 23.2 Å². The Morgan fingerprint density at radius 3 is 2.33 bits per heavy atom. The Balaban J connectivity index is 0.000000230. The van der Waals surface area contributed by atoms with E-state index in [2.05, 4.69) is 20.6 Å². The summed E-state index contributed by atoms with van der Waals surface area (Å²) in [6.07, 6.45) is -0.219. The molecule has 0 spiro atoms. The van der Waals surface area contributed by atoms with Gasteiger partial charge in [0, 0.05) is 0 Å². The highest BCUT2D eigenvalue weighted by molar-refractivity contribution is 5.78. The first kappa shape index (κ1) is 29.4. The van der Waals surface area contributed by atoms with E-state index >= 15 is 0 Å². The number of halogens is 2. The molecule has 2 heterocycles. The van der Waals surface area contributed by atoms with Gasteiger partial charge < -0.3 is 24.2 Å². The fraction of sp³-hybridized carbons (Fsp3) is 0.370. The number of alkyl carbamates (subject to hydrolysis) is 1. The lowest BCUT2D eigenvalue weighted by Gasteiger charge is -2.22. The van der Waals surface area contributed by atoms with E-state index in [0.717, 1.165) is 12.1 Å². The molecular weight excluding hydrogens is 514 g/mol. The summed E-state index contributed by atoms with van der Waals surface area (Å²) in [4.78, 5) is 43.7. The van der Waals surface area contributed by atoms with Crippen LogP contribution in [0.3, 0.4) is 0 Å². The zero-order chi connectivity index (χ0) is 28.9. The van der Waals surface area contributed by atoms with Gasteiger partial charge in [0.1, 0.15) is 28.7 Å². The zero-order valence-electron chi connectivity index (χ0n) is 22.4. The standard InChI is InChI=1S/C16H19FN2O4.C11H11FN2O2/c1-5-10(19-15(21)23-16(2,3)4)13-18-11-8-6-7-9(17)12(11)14(20)22-13;1-6(13-2)10-14-9-4-3-7(12)5-8(9)11(15)16-10/h6-8,10H,5H2,1-4H3,(H,19,21);3-6,13H,1-2H3/t10-;6-/m00/s1. The summed E-state index contributed by atoms with van der Waals surface area (Å²) in [5.41, 5.74) is -1.42. The van der Waals surface area contributed by atoms with Crippen molar-refractivity contribution in [3.8, 4) is 0 Å². The number of benzene rings is 2. The molecule has 0 aliphatic rings. The van der Waals surface area contributed by atoms with Gasteiger partial charge in [0.15, 0.2) is 0 Å². The summed E-state index contributed by atoms with van der Waals surface area (Å²) in [5, 5.41) is 5.47. The van der Waals surface area contributed by atoms with Crippen LogP contribution in [0.15, 0.2) is 54.8 Å². The van der Waals surface area contributed by atoms with E-state index in [4.69, 9.17) is 13.6 Å². The molecule has 39 heavy (non-hydrogen) atoms. The summed E-state index contributed by atoms with van der Waals surface area (Å²) in [6, 6.07) is 7.18. The fourth-order valence-electron chi connectivity index (χ4n) is 3.40. The van der Waals surface area contributed by atoms with Gasteiger partial charge in [-0.1, -0.05) is 13.0 Å². The number of amides is 1. The van der Waals surface area contributed by atoms with Crippen molar-refractivity contribution in [3.05, 3.63) is 80.7 Å². The summed E-state index contributed by atoms with van der Waals surface area (Å²) in [5.74, 6) is -0.854. The highest BCUT2D eigenvalue weighted by atomic mass is 19.1. The van der Waals surface area contributed by atoms with Gasteiger partial charge in [-0.2, -0.15) is 0 Å². The van der Waals surface area contributed by atoms with Crippen LogP contribution in [-0.4, -0.2) is 28.7 Å². The van der Waals surface area contributed by atoms with Crippen molar-refractivity contribution < 1.29 is 27.1 Å². The quantitative estimate of drug-likeness (QED) is 0.359. The lowest BCUT2D eigenvalue weighted by Crippen LogP contribution is -2.35. The van der Waals surface area contributed by atoms with Crippen LogP contribution in [0.4, 0.5) is 13.6 Å². The average Bonchev–Trinajstić information content (AvgIpc) is 2.86. The molecule has 0 aliphatic carbocycles. The number of carbonyl (C=O) groups excluding carboxylic acids is 1. The Bertz CT molecular complexity index is 1600. The van der Waals surface area contributed by atoms with Crippen LogP contribution in [0.5, 0.6) is 0 Å². The molecule has 0 bridgehead atoms. The minimum atomic E-state index is -0.826. The van der Waals surface area contributed by atoms with Gasteiger partial charge in [0.05, 0.1) is 22.5 Å². The first-order valence-corrected chi connectivity index (χ1v) is 12.2. The first-order valence-electron chi connectivity index (χ1n) is 12.2. The summed E-state index contributed by atoms with van der Waals surface area (Å²) < 4.78 is 41.8. The maximum Gasteiger partial charge on any atom is 0.408 e. The molecule has 0 saturated heterocycles. The minimum Gasteiger partial charge on any atom is -0.444 e. The molecule has 10 nitrogen and oxygen atoms in total. The number of nitrogens with one attached hydrogen (secondary N) is 2. The Morgan fingerprint density at radius 2 is 1.69 bits per heavy atom. The Kier molecular flexibility index (Phi) is 9.12. The van der Waals surface area contributed by atoms with Crippen LogP contribution in [0.1, 0.15) is 64.9 Å². The van der Waals surface area contributed by atoms with E-state index in [0.29, 0.717) is 17.8 Å². The predicted molar refractivity (Wildman–Crippen MR) is 140 cm³/mol. The molecule has 4 aromatic rings. The normalized spacial score (nSPS) is 12.9. The Labute approximate surface area is 222 Å². The molecule has 2 aromatic heterocycles. The number of aromatic nitrogens is 2. The Morgan fingerprint density at radius 1 is 1.03 bits per heavy atom. The molecule has 12 heteroatoms. The van der Waals surface area contributed by atoms with Gasteiger partial charge in [-0.25, -0.2) is 33.1 Å². The minimum absolute atomic E-state index is 0.0152. The maximum atomic E-state index is 13.7. The van der Waals surface area contributed by atoms with Crippen molar-refractivity contribution in [1.82, 2.24) is 20.6 Å². The van der Waals surface area contributed by atoms with E-state index in [1.807, 2.05) is 6.92 Å². The number of hydrogen-bond donors (Lipinski definition) is 2. The van der Waals surface area contributed by atoms with Crippen molar-refractivity contribution >= 4 is 27.9 Å². The summed E-state index contributed by atoms with van der Waals surface area (Å²) >= 11 is 0. The molecule has 2 N–H and O–H groups in total. The van der Waals surface area contributed by atoms with E-state index < -0.39 is 40.6 Å². The van der Waals surface area contributed by atoms with Crippen LogP contribution in [0, 0.1) is 11.6 Å². The molecule has 0 fully saturated rings. The van der Waals surface area contributed by atoms with Gasteiger partial charge >= 0.3 is 17.3 Å². The van der Waals surface area contributed by atoms with Crippen LogP contribution in [0.2, 0.25) is 0 Å². The third-order valence-electron chi connectivity index (χ3n) is 5.43. The molecule has 0 radical (unpaired) electrons. The first-order chi connectivity index (χ1) is 18.3. The monoisotopic (exact) mass is 544 g/mol. The molecule has 4 rings (SSSR count). The molecule has 0 unspecified atom stereocenters. The number of fused-ring (bicyclic) bond motifs is 2. The van der Waals surface area contributed by atoms with Crippen molar-refractivity contribution in [1.29, 1.82) is 0 Å². The zero-order valence-corrected chi connectivity index (χ0v) is 22.4. The van der Waals surface area contributed by atoms with Gasteiger partial charge in [0.25, 0.3) is 0 Å². The highest BCUT2D eigenvalue weighted by Gasteiger charge is 2.23. The van der Waals surface area contributed by atoms with Crippen LogP contribution >= 0.6 is 0 Å². The lowest BCUT2D eigenvalue weighted by molar-refractivity contribution is 0.0492. The molecule has 2 aromatic carbocycles. The van der Waals surface area contributed by atoms with Crippen LogP contribution in [0.25, 0.3) is 21.8 Å². The number of rotatable bonds is 5. The smallest absolute Gasteiger partial charge is 0.408 e. The molecule has 208 valence electrons. The number of carbonyl (C=O) groups is 1. The molecule has 0 aliphatic heterocycles. The number of hydrogen-bond acceptors (Lipinski definition) is 9. The fourth-order valence-corrected chi connectivity index (χ4v) is 3.40. The summed E-state index contributed by atoms with van der Waals surface area (Å²) in [6.45, 7) is 8.83. The maximum absolute atomic E-state index is 13.7. The lowest BCUT2D eigenvalue weighted by atomic mass is 10.2. The van der Waals surface area contributed by atoms with E-state index in [1.54, 1.807) is 34.7 Å². The average molecular weight is 545 g/mol. The van der Waals surface area contributed by atoms with Gasteiger partial charge in [-0.05, 0) is 71.5 Å². The largest absolute Gasteiger partial charge is 0.444 e. The Hall–Kier alpha value is -4.19. The second kappa shape index (κ2) is 12.1. The molecule has 2 atom stereocenters. The van der Waals surface area contributed by atoms with Crippen molar-refractivity contribution in [2.75, 3.05) is 7.05 Å². The third kappa shape index (κ3) is 7.44.